The minimum absolute atomic E-state index is 0.0492. The van der Waals surface area contributed by atoms with Crippen LogP contribution in [0, 0.1) is 0 Å². The van der Waals surface area contributed by atoms with E-state index in [4.69, 9.17) is 10.5 Å². The van der Waals surface area contributed by atoms with Crippen molar-refractivity contribution in [2.45, 2.75) is 32.4 Å². The second-order valence-corrected chi connectivity index (χ2v) is 4.07. The number of para-hydroxylation sites is 1. The zero-order chi connectivity index (χ0) is 12.8. The molecule has 1 aromatic carbocycles. The molecule has 0 heterocycles. The van der Waals surface area contributed by atoms with E-state index in [0.717, 1.165) is 5.56 Å². The Morgan fingerprint density at radius 2 is 2.00 bits per heavy atom. The smallest absolute Gasteiger partial charge is 0.346 e. The fourth-order valence-electron chi connectivity index (χ4n) is 1.54. The second-order valence-electron chi connectivity index (χ2n) is 4.07. The molecule has 17 heavy (non-hydrogen) atoms. The summed E-state index contributed by atoms with van der Waals surface area (Å²) >= 11 is 0. The summed E-state index contributed by atoms with van der Waals surface area (Å²) in [6.07, 6.45) is 0.0959. The van der Waals surface area contributed by atoms with E-state index in [1.807, 2.05) is 31.2 Å². The summed E-state index contributed by atoms with van der Waals surface area (Å²) in [5.41, 5.74) is 6.76. The van der Waals surface area contributed by atoms with Crippen molar-refractivity contribution in [2.75, 3.05) is 7.11 Å². The first kappa shape index (κ1) is 13.5. The predicted molar refractivity (Wildman–Crippen MR) is 65.9 cm³/mol. The highest BCUT2D eigenvalue weighted by atomic mass is 16.6. The maximum atomic E-state index is 11.3. The van der Waals surface area contributed by atoms with Crippen LogP contribution in [0.1, 0.15) is 19.4 Å². The number of hydrogen-bond acceptors (Lipinski definition) is 4. The van der Waals surface area contributed by atoms with Gasteiger partial charge in [-0.05, 0) is 31.9 Å². The molecule has 0 spiro atoms. The molecule has 1 aromatic rings. The van der Waals surface area contributed by atoms with Crippen molar-refractivity contribution in [3.63, 3.8) is 0 Å². The number of hydrogen-bond donors (Lipinski definition) is 1. The molecule has 0 amide bonds. The Morgan fingerprint density at radius 1 is 1.35 bits per heavy atom. The second kappa shape index (κ2) is 6.25. The molecule has 0 aliphatic heterocycles. The van der Waals surface area contributed by atoms with E-state index in [9.17, 15) is 4.79 Å². The van der Waals surface area contributed by atoms with Crippen LogP contribution in [-0.2, 0) is 16.0 Å². The van der Waals surface area contributed by atoms with E-state index in [0.29, 0.717) is 12.2 Å². The van der Waals surface area contributed by atoms with Gasteiger partial charge in [-0.15, -0.1) is 0 Å². The standard InChI is InChI=1S/C13H19NO3/c1-9(14)8-11-6-4-5-7-12(11)17-10(2)13(15)16-3/h4-7,9-10H,8,14H2,1-3H3. The molecule has 0 radical (unpaired) electrons. The van der Waals surface area contributed by atoms with Gasteiger partial charge < -0.3 is 15.2 Å². The molecule has 2 atom stereocenters. The van der Waals surface area contributed by atoms with Crippen molar-refractivity contribution in [3.8, 4) is 5.75 Å². The number of esters is 1. The van der Waals surface area contributed by atoms with Crippen LogP contribution in [-0.4, -0.2) is 25.2 Å². The van der Waals surface area contributed by atoms with Gasteiger partial charge in [0.2, 0.25) is 0 Å². The molecule has 2 unspecified atom stereocenters. The maximum Gasteiger partial charge on any atom is 0.346 e. The molecule has 0 saturated heterocycles. The number of ether oxygens (including phenoxy) is 2. The first-order valence-corrected chi connectivity index (χ1v) is 5.62. The van der Waals surface area contributed by atoms with Gasteiger partial charge in [0.1, 0.15) is 5.75 Å². The van der Waals surface area contributed by atoms with Gasteiger partial charge in [-0.3, -0.25) is 0 Å². The largest absolute Gasteiger partial charge is 0.479 e. The van der Waals surface area contributed by atoms with E-state index >= 15 is 0 Å². The molecule has 4 heteroatoms. The number of methoxy groups -OCH3 is 1. The number of carbonyl (C=O) groups excluding carboxylic acids is 1. The zero-order valence-electron chi connectivity index (χ0n) is 10.5. The SMILES string of the molecule is COC(=O)C(C)Oc1ccccc1CC(C)N. The number of benzene rings is 1. The minimum atomic E-state index is -0.616. The lowest BCUT2D eigenvalue weighted by Gasteiger charge is -2.16. The Morgan fingerprint density at radius 3 is 2.59 bits per heavy atom. The Hall–Kier alpha value is -1.55. The monoisotopic (exact) mass is 237 g/mol. The van der Waals surface area contributed by atoms with E-state index < -0.39 is 6.10 Å². The van der Waals surface area contributed by atoms with Crippen LogP contribution in [0.2, 0.25) is 0 Å². The predicted octanol–water partition coefficient (Wildman–Crippen LogP) is 1.52. The molecule has 0 fully saturated rings. The van der Waals surface area contributed by atoms with E-state index in [1.165, 1.54) is 7.11 Å². The summed E-state index contributed by atoms with van der Waals surface area (Å²) in [6, 6.07) is 7.62. The van der Waals surface area contributed by atoms with Crippen LogP contribution in [0.4, 0.5) is 0 Å². The normalized spacial score (nSPS) is 13.9. The molecule has 1 rings (SSSR count). The topological polar surface area (TPSA) is 61.5 Å². The number of carbonyl (C=O) groups is 1. The van der Waals surface area contributed by atoms with Crippen molar-refractivity contribution in [1.29, 1.82) is 0 Å². The van der Waals surface area contributed by atoms with E-state index in [2.05, 4.69) is 4.74 Å². The molecule has 0 saturated carbocycles. The minimum Gasteiger partial charge on any atom is -0.479 e. The summed E-state index contributed by atoms with van der Waals surface area (Å²) in [6.45, 7) is 3.59. The number of nitrogens with two attached hydrogens (primary N) is 1. The number of rotatable bonds is 5. The highest BCUT2D eigenvalue weighted by Crippen LogP contribution is 2.20. The summed E-state index contributed by atoms with van der Waals surface area (Å²) < 4.78 is 10.2. The van der Waals surface area contributed by atoms with Crippen LogP contribution in [0.15, 0.2) is 24.3 Å². The van der Waals surface area contributed by atoms with Gasteiger partial charge in [0.15, 0.2) is 6.10 Å². The quantitative estimate of drug-likeness (QED) is 0.789. The summed E-state index contributed by atoms with van der Waals surface area (Å²) in [5.74, 6) is 0.295. The lowest BCUT2D eigenvalue weighted by atomic mass is 10.1. The van der Waals surface area contributed by atoms with Crippen LogP contribution >= 0.6 is 0 Å². The fourth-order valence-corrected chi connectivity index (χ4v) is 1.54. The van der Waals surface area contributed by atoms with Gasteiger partial charge in [-0.2, -0.15) is 0 Å². The van der Waals surface area contributed by atoms with Crippen molar-refractivity contribution in [1.82, 2.24) is 0 Å². The third kappa shape index (κ3) is 4.07. The van der Waals surface area contributed by atoms with Crippen molar-refractivity contribution < 1.29 is 14.3 Å². The van der Waals surface area contributed by atoms with Crippen LogP contribution in [0.3, 0.4) is 0 Å². The first-order valence-electron chi connectivity index (χ1n) is 5.62. The van der Waals surface area contributed by atoms with Gasteiger partial charge in [-0.1, -0.05) is 18.2 Å². The maximum absolute atomic E-state index is 11.3. The Balaban J connectivity index is 2.79. The summed E-state index contributed by atoms with van der Waals surface area (Å²) in [4.78, 5) is 11.3. The molecular weight excluding hydrogens is 218 g/mol. The molecule has 0 aromatic heterocycles. The van der Waals surface area contributed by atoms with Crippen molar-refractivity contribution >= 4 is 5.97 Å². The molecule has 0 bridgehead atoms. The summed E-state index contributed by atoms with van der Waals surface area (Å²) in [5, 5.41) is 0. The van der Waals surface area contributed by atoms with Crippen LogP contribution in [0.25, 0.3) is 0 Å². The zero-order valence-corrected chi connectivity index (χ0v) is 10.5. The Bertz CT molecular complexity index is 377. The molecule has 4 nitrogen and oxygen atoms in total. The van der Waals surface area contributed by atoms with Gasteiger partial charge in [0, 0.05) is 6.04 Å². The third-order valence-corrected chi connectivity index (χ3v) is 2.35. The summed E-state index contributed by atoms with van der Waals surface area (Å²) in [7, 11) is 1.34. The molecular formula is C13H19NO3. The third-order valence-electron chi connectivity index (χ3n) is 2.35. The van der Waals surface area contributed by atoms with Gasteiger partial charge in [0.25, 0.3) is 0 Å². The van der Waals surface area contributed by atoms with Gasteiger partial charge in [-0.25, -0.2) is 4.79 Å². The molecule has 0 aliphatic carbocycles. The van der Waals surface area contributed by atoms with Gasteiger partial charge in [0.05, 0.1) is 7.11 Å². The van der Waals surface area contributed by atoms with E-state index in [1.54, 1.807) is 6.92 Å². The van der Waals surface area contributed by atoms with Crippen LogP contribution < -0.4 is 10.5 Å². The highest BCUT2D eigenvalue weighted by molar-refractivity contribution is 5.74. The van der Waals surface area contributed by atoms with Crippen LogP contribution in [0.5, 0.6) is 5.75 Å². The molecule has 94 valence electrons. The van der Waals surface area contributed by atoms with Crippen molar-refractivity contribution in [3.05, 3.63) is 29.8 Å². The fraction of sp³-hybridized carbons (Fsp3) is 0.462. The Labute approximate surface area is 102 Å². The van der Waals surface area contributed by atoms with Crippen molar-refractivity contribution in [2.24, 2.45) is 5.73 Å². The first-order chi connectivity index (χ1) is 8.04. The Kier molecular flexibility index (Phi) is 4.97. The average molecular weight is 237 g/mol. The average Bonchev–Trinajstić information content (AvgIpc) is 2.29. The lowest BCUT2D eigenvalue weighted by Crippen LogP contribution is -2.26. The molecule has 0 aliphatic rings. The molecule has 2 N–H and O–H groups in total. The lowest BCUT2D eigenvalue weighted by molar-refractivity contribution is -0.147. The highest BCUT2D eigenvalue weighted by Gasteiger charge is 2.16. The van der Waals surface area contributed by atoms with Gasteiger partial charge >= 0.3 is 5.97 Å². The van der Waals surface area contributed by atoms with E-state index in [-0.39, 0.29) is 12.0 Å².